The lowest BCUT2D eigenvalue weighted by molar-refractivity contribution is -0.121. The zero-order chi connectivity index (χ0) is 16.8. The first-order chi connectivity index (χ1) is 11.3. The summed E-state index contributed by atoms with van der Waals surface area (Å²) in [6.45, 7) is 5.01. The lowest BCUT2D eigenvalue weighted by atomic mass is 10.1. The minimum absolute atomic E-state index is 0.0142. The molecule has 23 heavy (non-hydrogen) atoms. The maximum atomic E-state index is 11.6. The molecule has 0 unspecified atom stereocenters. The van der Waals surface area contributed by atoms with Crippen molar-refractivity contribution in [2.24, 2.45) is 5.10 Å². The molecule has 1 aromatic carbocycles. The minimum atomic E-state index is -0.0142. The van der Waals surface area contributed by atoms with Crippen LogP contribution in [0, 0.1) is 0 Å². The van der Waals surface area contributed by atoms with E-state index in [2.05, 4.69) is 24.4 Å². The van der Waals surface area contributed by atoms with Gasteiger partial charge in [0.15, 0.2) is 0 Å². The van der Waals surface area contributed by atoms with Gasteiger partial charge in [0.05, 0.1) is 12.8 Å². The van der Waals surface area contributed by atoms with Crippen LogP contribution < -0.4 is 10.2 Å². The Hall–Kier alpha value is -1.84. The van der Waals surface area contributed by atoms with Gasteiger partial charge in [0.25, 0.3) is 0 Å². The van der Waals surface area contributed by atoms with E-state index in [1.54, 1.807) is 6.21 Å². The van der Waals surface area contributed by atoms with E-state index in [1.165, 1.54) is 25.7 Å². The second-order valence-corrected chi connectivity index (χ2v) is 5.73. The molecule has 1 N–H and O–H groups in total. The Kier molecular flexibility index (Phi) is 10.6. The van der Waals surface area contributed by atoms with Gasteiger partial charge in [-0.25, -0.2) is 5.43 Å². The van der Waals surface area contributed by atoms with Crippen LogP contribution in [0.4, 0.5) is 0 Å². The minimum Gasteiger partial charge on any atom is -0.494 e. The van der Waals surface area contributed by atoms with Gasteiger partial charge in [-0.2, -0.15) is 5.10 Å². The van der Waals surface area contributed by atoms with E-state index in [4.69, 9.17) is 4.74 Å². The second kappa shape index (κ2) is 12.7. The average Bonchev–Trinajstić information content (AvgIpc) is 2.57. The van der Waals surface area contributed by atoms with Crippen molar-refractivity contribution in [3.8, 4) is 5.75 Å². The van der Waals surface area contributed by atoms with E-state index in [0.29, 0.717) is 6.42 Å². The van der Waals surface area contributed by atoms with Gasteiger partial charge in [0.1, 0.15) is 5.75 Å². The lowest BCUT2D eigenvalue weighted by Gasteiger charge is -2.04. The van der Waals surface area contributed by atoms with E-state index < -0.39 is 0 Å². The Bertz CT molecular complexity index is 455. The molecule has 0 radical (unpaired) electrons. The van der Waals surface area contributed by atoms with Crippen molar-refractivity contribution in [2.75, 3.05) is 6.61 Å². The van der Waals surface area contributed by atoms with Crippen molar-refractivity contribution < 1.29 is 9.53 Å². The number of nitrogens with one attached hydrogen (secondary N) is 1. The van der Waals surface area contributed by atoms with Gasteiger partial charge in [-0.1, -0.05) is 46.0 Å². The van der Waals surface area contributed by atoms with Crippen LogP contribution in [0.5, 0.6) is 5.75 Å². The molecule has 0 heterocycles. The van der Waals surface area contributed by atoms with Gasteiger partial charge in [0.2, 0.25) is 5.91 Å². The first-order valence-electron chi connectivity index (χ1n) is 8.81. The number of hydrogen-bond donors (Lipinski definition) is 1. The maximum Gasteiger partial charge on any atom is 0.240 e. The van der Waals surface area contributed by atoms with Crippen LogP contribution in [0.15, 0.2) is 29.4 Å². The fourth-order valence-corrected chi connectivity index (χ4v) is 2.17. The maximum absolute atomic E-state index is 11.6. The Balaban J connectivity index is 2.18. The van der Waals surface area contributed by atoms with Gasteiger partial charge in [-0.15, -0.1) is 0 Å². The molecule has 1 amide bonds. The third-order valence-electron chi connectivity index (χ3n) is 3.51. The number of hydrazone groups is 1. The first kappa shape index (κ1) is 19.2. The predicted molar refractivity (Wildman–Crippen MR) is 96.0 cm³/mol. The molecule has 0 fully saturated rings. The number of amides is 1. The predicted octanol–water partition coefficient (Wildman–Crippen LogP) is 4.68. The third-order valence-corrected chi connectivity index (χ3v) is 3.51. The van der Waals surface area contributed by atoms with Crippen LogP contribution in [-0.4, -0.2) is 18.7 Å². The number of rotatable bonds is 12. The highest BCUT2D eigenvalue weighted by Gasteiger charge is 1.99. The van der Waals surface area contributed by atoms with E-state index in [1.807, 2.05) is 24.3 Å². The molecule has 0 saturated carbocycles. The number of ether oxygens (including phenoxy) is 1. The molecule has 4 nitrogen and oxygen atoms in total. The van der Waals surface area contributed by atoms with Crippen molar-refractivity contribution in [2.45, 2.75) is 65.2 Å². The first-order valence-corrected chi connectivity index (χ1v) is 8.81. The van der Waals surface area contributed by atoms with Crippen molar-refractivity contribution in [1.29, 1.82) is 0 Å². The molecule has 4 heteroatoms. The van der Waals surface area contributed by atoms with Crippen LogP contribution in [0.25, 0.3) is 0 Å². The normalized spacial score (nSPS) is 10.9. The Morgan fingerprint density at radius 3 is 2.43 bits per heavy atom. The summed E-state index contributed by atoms with van der Waals surface area (Å²) in [5.74, 6) is 0.843. The highest BCUT2D eigenvalue weighted by atomic mass is 16.5. The molecule has 1 aromatic rings. The SMILES string of the molecule is CCCCCCCCC(=O)N/N=C/c1ccc(OCCC)cc1. The van der Waals surface area contributed by atoms with Crippen molar-refractivity contribution >= 4 is 12.1 Å². The van der Waals surface area contributed by atoms with Crippen LogP contribution >= 0.6 is 0 Å². The number of nitrogens with zero attached hydrogens (tertiary/aromatic N) is 1. The molecule has 0 spiro atoms. The molecule has 0 saturated heterocycles. The number of carbonyl (C=O) groups is 1. The topological polar surface area (TPSA) is 50.7 Å². The van der Waals surface area contributed by atoms with Gasteiger partial charge in [-0.05, 0) is 42.7 Å². The van der Waals surface area contributed by atoms with Crippen molar-refractivity contribution in [1.82, 2.24) is 5.43 Å². The van der Waals surface area contributed by atoms with Gasteiger partial charge < -0.3 is 4.74 Å². The summed E-state index contributed by atoms with van der Waals surface area (Å²) in [6.07, 6.45) is 10.3. The molecule has 1 rings (SSSR count). The van der Waals surface area contributed by atoms with Gasteiger partial charge >= 0.3 is 0 Å². The van der Waals surface area contributed by atoms with Crippen LogP contribution in [-0.2, 0) is 4.79 Å². The van der Waals surface area contributed by atoms with Gasteiger partial charge in [-0.3, -0.25) is 4.79 Å². The second-order valence-electron chi connectivity index (χ2n) is 5.73. The Labute approximate surface area is 140 Å². The quantitative estimate of drug-likeness (QED) is 0.346. The standard InChI is InChI=1S/C19H30N2O2/c1-3-5-6-7-8-9-10-19(22)21-20-16-17-11-13-18(14-12-17)23-15-4-2/h11-14,16H,3-10,15H2,1-2H3,(H,21,22)/b20-16+. The van der Waals surface area contributed by atoms with Crippen molar-refractivity contribution in [3.63, 3.8) is 0 Å². The van der Waals surface area contributed by atoms with Crippen molar-refractivity contribution in [3.05, 3.63) is 29.8 Å². The molecular weight excluding hydrogens is 288 g/mol. The average molecular weight is 318 g/mol. The van der Waals surface area contributed by atoms with Crippen LogP contribution in [0.1, 0.15) is 70.8 Å². The molecule has 0 aliphatic heterocycles. The fraction of sp³-hybridized carbons (Fsp3) is 0.579. The summed E-state index contributed by atoms with van der Waals surface area (Å²) in [5.41, 5.74) is 3.52. The summed E-state index contributed by atoms with van der Waals surface area (Å²) in [4.78, 5) is 11.6. The molecule has 0 aromatic heterocycles. The number of hydrogen-bond acceptors (Lipinski definition) is 3. The van der Waals surface area contributed by atoms with E-state index in [0.717, 1.165) is 37.2 Å². The van der Waals surface area contributed by atoms with E-state index in [9.17, 15) is 4.79 Å². The molecule has 128 valence electrons. The monoisotopic (exact) mass is 318 g/mol. The number of benzene rings is 1. The molecule has 0 atom stereocenters. The summed E-state index contributed by atoms with van der Waals surface area (Å²) in [6, 6.07) is 7.67. The van der Waals surface area contributed by atoms with Gasteiger partial charge in [0, 0.05) is 6.42 Å². The van der Waals surface area contributed by atoms with E-state index in [-0.39, 0.29) is 5.91 Å². The summed E-state index contributed by atoms with van der Waals surface area (Å²) < 4.78 is 5.52. The van der Waals surface area contributed by atoms with E-state index >= 15 is 0 Å². The number of carbonyl (C=O) groups excluding carboxylic acids is 1. The van der Waals surface area contributed by atoms with Crippen LogP contribution in [0.2, 0.25) is 0 Å². The molecule has 0 aliphatic carbocycles. The molecular formula is C19H30N2O2. The lowest BCUT2D eigenvalue weighted by Crippen LogP contribution is -2.16. The van der Waals surface area contributed by atoms with Crippen LogP contribution in [0.3, 0.4) is 0 Å². The zero-order valence-corrected chi connectivity index (χ0v) is 14.5. The summed E-state index contributed by atoms with van der Waals surface area (Å²) in [7, 11) is 0. The Morgan fingerprint density at radius 2 is 1.74 bits per heavy atom. The molecule has 0 bridgehead atoms. The Morgan fingerprint density at radius 1 is 1.04 bits per heavy atom. The summed E-state index contributed by atoms with van der Waals surface area (Å²) >= 11 is 0. The highest BCUT2D eigenvalue weighted by Crippen LogP contribution is 2.11. The molecule has 0 aliphatic rings. The number of unbranched alkanes of at least 4 members (excludes halogenated alkanes) is 5. The smallest absolute Gasteiger partial charge is 0.240 e. The summed E-state index contributed by atoms with van der Waals surface area (Å²) in [5, 5.41) is 4.00. The largest absolute Gasteiger partial charge is 0.494 e. The third kappa shape index (κ3) is 9.72. The zero-order valence-electron chi connectivity index (χ0n) is 14.5. The fourth-order valence-electron chi connectivity index (χ4n) is 2.17. The highest BCUT2D eigenvalue weighted by molar-refractivity contribution is 5.82.